The minimum absolute atomic E-state index is 0.0865. The highest BCUT2D eigenvalue weighted by molar-refractivity contribution is 6.33. The number of rotatable bonds is 7. The third-order valence-corrected chi connectivity index (χ3v) is 3.56. The number of nitrogens with two attached hydrogens (primary N) is 1. The van der Waals surface area contributed by atoms with Crippen molar-refractivity contribution in [1.82, 2.24) is 0 Å². The number of para-hydroxylation sites is 1. The first-order valence-electron chi connectivity index (χ1n) is 7.13. The monoisotopic (exact) mass is 322 g/mol. The summed E-state index contributed by atoms with van der Waals surface area (Å²) in [7, 11) is 0. The van der Waals surface area contributed by atoms with E-state index in [1.165, 1.54) is 4.90 Å². The number of halogens is 4. The van der Waals surface area contributed by atoms with Crippen LogP contribution in [0.25, 0.3) is 0 Å². The van der Waals surface area contributed by atoms with Crippen LogP contribution in [0.5, 0.6) is 0 Å². The average Bonchev–Trinajstić information content (AvgIpc) is 2.36. The van der Waals surface area contributed by atoms with Gasteiger partial charge in [-0.3, -0.25) is 0 Å². The predicted octanol–water partition coefficient (Wildman–Crippen LogP) is 4.40. The van der Waals surface area contributed by atoms with Gasteiger partial charge in [0.05, 0.1) is 10.7 Å². The van der Waals surface area contributed by atoms with Crippen molar-refractivity contribution in [3.05, 3.63) is 28.8 Å². The van der Waals surface area contributed by atoms with Crippen LogP contribution < -0.4 is 10.6 Å². The van der Waals surface area contributed by atoms with E-state index in [1.807, 2.05) is 13.8 Å². The van der Waals surface area contributed by atoms with Crippen molar-refractivity contribution < 1.29 is 13.2 Å². The lowest BCUT2D eigenvalue weighted by molar-refractivity contribution is -0.119. The summed E-state index contributed by atoms with van der Waals surface area (Å²) < 4.78 is 38.4. The minimum Gasteiger partial charge on any atom is -0.361 e. The van der Waals surface area contributed by atoms with E-state index in [1.54, 1.807) is 18.2 Å². The summed E-state index contributed by atoms with van der Waals surface area (Å²) in [6, 6.07) is 5.09. The molecule has 120 valence electrons. The Morgan fingerprint density at radius 1 is 1.29 bits per heavy atom. The molecule has 1 rings (SSSR count). The zero-order chi connectivity index (χ0) is 16.0. The van der Waals surface area contributed by atoms with E-state index < -0.39 is 12.7 Å². The molecule has 1 atom stereocenters. The maximum absolute atomic E-state index is 12.8. The molecule has 0 amide bonds. The molecule has 0 saturated carbocycles. The fraction of sp³-hybridized carbons (Fsp3) is 0.600. The lowest BCUT2D eigenvalue weighted by Gasteiger charge is -2.29. The zero-order valence-electron chi connectivity index (χ0n) is 12.4. The Hall–Kier alpha value is -0.940. The van der Waals surface area contributed by atoms with Gasteiger partial charge in [0.25, 0.3) is 0 Å². The third kappa shape index (κ3) is 5.75. The lowest BCUT2D eigenvalue weighted by Crippen LogP contribution is -2.36. The summed E-state index contributed by atoms with van der Waals surface area (Å²) in [5.74, 6) is 0. The fourth-order valence-corrected chi connectivity index (χ4v) is 2.58. The minimum atomic E-state index is -4.27. The van der Waals surface area contributed by atoms with Gasteiger partial charge in [-0.2, -0.15) is 13.2 Å². The summed E-state index contributed by atoms with van der Waals surface area (Å²) in [5, 5.41) is 0.341. The standard InChI is InChI=1S/C15H22ClF3N2/c1-3-8-21(10-15(17,18)19)14-11(9-12(20)4-2)6-5-7-13(14)16/h5-7,12H,3-4,8-10,20H2,1-2H3. The molecule has 0 spiro atoms. The van der Waals surface area contributed by atoms with Crippen molar-refractivity contribution in [3.63, 3.8) is 0 Å². The first-order valence-corrected chi connectivity index (χ1v) is 7.51. The Morgan fingerprint density at radius 3 is 2.48 bits per heavy atom. The van der Waals surface area contributed by atoms with E-state index in [4.69, 9.17) is 17.3 Å². The van der Waals surface area contributed by atoms with Gasteiger partial charge in [-0.1, -0.05) is 37.6 Å². The molecular formula is C15H22ClF3N2. The number of anilines is 1. The topological polar surface area (TPSA) is 29.3 Å². The van der Waals surface area contributed by atoms with Crippen LogP contribution in [0, 0.1) is 0 Å². The Labute approximate surface area is 129 Å². The number of alkyl halides is 3. The Morgan fingerprint density at radius 2 is 1.95 bits per heavy atom. The van der Waals surface area contributed by atoms with E-state index in [0.29, 0.717) is 30.1 Å². The highest BCUT2D eigenvalue weighted by atomic mass is 35.5. The first-order chi connectivity index (χ1) is 9.78. The van der Waals surface area contributed by atoms with E-state index in [9.17, 15) is 13.2 Å². The molecule has 1 unspecified atom stereocenters. The van der Waals surface area contributed by atoms with Gasteiger partial charge in [0, 0.05) is 12.6 Å². The van der Waals surface area contributed by atoms with Crippen molar-refractivity contribution in [2.75, 3.05) is 18.0 Å². The van der Waals surface area contributed by atoms with Gasteiger partial charge < -0.3 is 10.6 Å². The SMILES string of the molecule is CCCN(CC(F)(F)F)c1c(Cl)cccc1CC(N)CC. The molecule has 0 radical (unpaired) electrons. The average molecular weight is 323 g/mol. The zero-order valence-corrected chi connectivity index (χ0v) is 13.1. The molecule has 0 aliphatic rings. The first kappa shape index (κ1) is 18.1. The van der Waals surface area contributed by atoms with E-state index in [0.717, 1.165) is 12.0 Å². The predicted molar refractivity (Wildman–Crippen MR) is 82.0 cm³/mol. The fourth-order valence-electron chi connectivity index (χ4n) is 2.26. The summed E-state index contributed by atoms with van der Waals surface area (Å²) in [4.78, 5) is 1.31. The van der Waals surface area contributed by atoms with E-state index in [2.05, 4.69) is 0 Å². The van der Waals surface area contributed by atoms with Crippen molar-refractivity contribution in [2.45, 2.75) is 45.3 Å². The van der Waals surface area contributed by atoms with Crippen LogP contribution in [0.2, 0.25) is 5.02 Å². The van der Waals surface area contributed by atoms with Crippen LogP contribution in [0.3, 0.4) is 0 Å². The smallest absolute Gasteiger partial charge is 0.361 e. The molecule has 0 fully saturated rings. The van der Waals surface area contributed by atoms with Crippen LogP contribution in [0.15, 0.2) is 18.2 Å². The van der Waals surface area contributed by atoms with Crippen LogP contribution >= 0.6 is 11.6 Å². The normalized spacial score (nSPS) is 13.3. The van der Waals surface area contributed by atoms with Crippen molar-refractivity contribution >= 4 is 17.3 Å². The van der Waals surface area contributed by atoms with Crippen molar-refractivity contribution in [1.29, 1.82) is 0 Å². The summed E-state index contributed by atoms with van der Waals surface area (Å²) >= 11 is 6.17. The second-order valence-corrected chi connectivity index (χ2v) is 5.56. The Kier molecular flexibility index (Phi) is 6.81. The summed E-state index contributed by atoms with van der Waals surface area (Å²) in [5.41, 5.74) is 7.17. The van der Waals surface area contributed by atoms with Gasteiger partial charge in [-0.15, -0.1) is 0 Å². The quantitative estimate of drug-likeness (QED) is 0.806. The number of nitrogens with zero attached hydrogens (tertiary/aromatic N) is 1. The molecule has 1 aromatic carbocycles. The molecule has 0 heterocycles. The van der Waals surface area contributed by atoms with Gasteiger partial charge in [-0.05, 0) is 30.9 Å². The molecule has 0 saturated heterocycles. The largest absolute Gasteiger partial charge is 0.405 e. The molecule has 2 nitrogen and oxygen atoms in total. The molecule has 0 aromatic heterocycles. The highest BCUT2D eigenvalue weighted by Gasteiger charge is 2.32. The number of hydrogen-bond donors (Lipinski definition) is 1. The molecule has 1 aromatic rings. The molecular weight excluding hydrogens is 301 g/mol. The van der Waals surface area contributed by atoms with Gasteiger partial charge in [0.15, 0.2) is 0 Å². The molecule has 6 heteroatoms. The number of benzene rings is 1. The number of hydrogen-bond acceptors (Lipinski definition) is 2. The molecule has 0 aliphatic carbocycles. The Balaban J connectivity index is 3.16. The molecule has 2 N–H and O–H groups in total. The maximum Gasteiger partial charge on any atom is 0.405 e. The van der Waals surface area contributed by atoms with Crippen LogP contribution in [0.4, 0.5) is 18.9 Å². The molecule has 0 aliphatic heterocycles. The second kappa shape index (κ2) is 7.90. The third-order valence-electron chi connectivity index (χ3n) is 3.26. The van der Waals surface area contributed by atoms with Crippen molar-refractivity contribution in [3.8, 4) is 0 Å². The summed E-state index contributed by atoms with van der Waals surface area (Å²) in [6.45, 7) is 3.10. The van der Waals surface area contributed by atoms with E-state index >= 15 is 0 Å². The van der Waals surface area contributed by atoms with Crippen molar-refractivity contribution in [2.24, 2.45) is 5.73 Å². The van der Waals surface area contributed by atoms with Crippen LogP contribution in [-0.2, 0) is 6.42 Å². The summed E-state index contributed by atoms with van der Waals surface area (Å²) in [6.07, 6.45) is -2.37. The highest BCUT2D eigenvalue weighted by Crippen LogP contribution is 2.33. The lowest BCUT2D eigenvalue weighted by atomic mass is 10.0. The van der Waals surface area contributed by atoms with Gasteiger partial charge in [0.2, 0.25) is 0 Å². The van der Waals surface area contributed by atoms with Gasteiger partial charge >= 0.3 is 6.18 Å². The van der Waals surface area contributed by atoms with E-state index in [-0.39, 0.29) is 6.04 Å². The second-order valence-electron chi connectivity index (χ2n) is 5.16. The maximum atomic E-state index is 12.8. The van der Waals surface area contributed by atoms with Crippen LogP contribution in [-0.4, -0.2) is 25.3 Å². The van der Waals surface area contributed by atoms with Gasteiger partial charge in [-0.25, -0.2) is 0 Å². The van der Waals surface area contributed by atoms with Crippen LogP contribution in [0.1, 0.15) is 32.3 Å². The van der Waals surface area contributed by atoms with Gasteiger partial charge in [0.1, 0.15) is 6.54 Å². The Bertz CT molecular complexity index is 449. The molecule has 21 heavy (non-hydrogen) atoms. The molecule has 0 bridgehead atoms.